The second kappa shape index (κ2) is 7.04. The smallest absolute Gasteiger partial charge is 0.267 e. The Morgan fingerprint density at radius 1 is 1.36 bits per heavy atom. The zero-order valence-electron chi connectivity index (χ0n) is 14.9. The highest BCUT2D eigenvalue weighted by Crippen LogP contribution is 2.30. The average molecular weight is 341 g/mol. The molecule has 1 aliphatic carbocycles. The number of carbonyl (C=O) groups is 1. The predicted molar refractivity (Wildman–Crippen MR) is 96.2 cm³/mol. The first-order chi connectivity index (χ1) is 12.2. The molecule has 4 rings (SSSR count). The summed E-state index contributed by atoms with van der Waals surface area (Å²) in [5, 5.41) is 7.58. The molecular weight excluding hydrogens is 314 g/mol. The van der Waals surface area contributed by atoms with Crippen molar-refractivity contribution in [2.24, 2.45) is 13.0 Å². The molecular formula is C19H27N5O. The van der Waals surface area contributed by atoms with Gasteiger partial charge < -0.3 is 9.88 Å². The summed E-state index contributed by atoms with van der Waals surface area (Å²) in [7, 11) is 1.89. The second-order valence-electron chi connectivity index (χ2n) is 7.46. The number of carbonyl (C=O) groups excluding carboxylic acids is 1. The maximum absolute atomic E-state index is 12.3. The van der Waals surface area contributed by atoms with Gasteiger partial charge in [0, 0.05) is 45.6 Å². The average Bonchev–Trinajstić information content (AvgIpc) is 3.19. The molecule has 1 N–H and O–H groups in total. The summed E-state index contributed by atoms with van der Waals surface area (Å²) in [6, 6.07) is 6.21. The molecule has 134 valence electrons. The van der Waals surface area contributed by atoms with Gasteiger partial charge in [0.15, 0.2) is 0 Å². The number of hydrogen-bond acceptors (Lipinski definition) is 3. The third-order valence-corrected chi connectivity index (χ3v) is 5.63. The van der Waals surface area contributed by atoms with Gasteiger partial charge in [-0.3, -0.25) is 14.4 Å². The van der Waals surface area contributed by atoms with Gasteiger partial charge in [-0.05, 0) is 43.4 Å². The molecule has 2 aromatic heterocycles. The van der Waals surface area contributed by atoms with Crippen LogP contribution in [-0.2, 0) is 13.6 Å². The predicted octanol–water partition coefficient (Wildman–Crippen LogP) is 2.20. The molecule has 1 amide bonds. The van der Waals surface area contributed by atoms with E-state index in [1.54, 1.807) is 0 Å². The topological polar surface area (TPSA) is 55.1 Å². The summed E-state index contributed by atoms with van der Waals surface area (Å²) in [6.45, 7) is 3.91. The molecule has 6 nitrogen and oxygen atoms in total. The molecule has 0 bridgehead atoms. The summed E-state index contributed by atoms with van der Waals surface area (Å²) in [5.41, 5.74) is 2.00. The number of amides is 1. The van der Waals surface area contributed by atoms with Gasteiger partial charge in [0.1, 0.15) is 5.69 Å². The van der Waals surface area contributed by atoms with Gasteiger partial charge in [0.2, 0.25) is 0 Å². The largest absolute Gasteiger partial charge is 0.351 e. The van der Waals surface area contributed by atoms with Crippen molar-refractivity contribution < 1.29 is 4.79 Å². The van der Waals surface area contributed by atoms with Crippen LogP contribution in [0.2, 0.25) is 0 Å². The second-order valence-corrected chi connectivity index (χ2v) is 7.46. The summed E-state index contributed by atoms with van der Waals surface area (Å²) in [4.78, 5) is 14.8. The minimum atomic E-state index is -0.00433. The van der Waals surface area contributed by atoms with Crippen LogP contribution in [0.1, 0.15) is 47.9 Å². The minimum Gasteiger partial charge on any atom is -0.351 e. The van der Waals surface area contributed by atoms with Crippen LogP contribution in [0.5, 0.6) is 0 Å². The Kier molecular flexibility index (Phi) is 4.61. The summed E-state index contributed by atoms with van der Waals surface area (Å²) >= 11 is 0. The molecule has 0 aromatic carbocycles. The van der Waals surface area contributed by atoms with Crippen molar-refractivity contribution in [3.63, 3.8) is 0 Å². The third-order valence-electron chi connectivity index (χ3n) is 5.63. The van der Waals surface area contributed by atoms with Crippen LogP contribution in [0, 0.1) is 5.92 Å². The lowest BCUT2D eigenvalue weighted by atomic mass is 9.85. The molecule has 1 atom stereocenters. The fourth-order valence-corrected chi connectivity index (χ4v) is 4.00. The van der Waals surface area contributed by atoms with Crippen LogP contribution < -0.4 is 5.32 Å². The Labute approximate surface area is 148 Å². The van der Waals surface area contributed by atoms with Crippen LogP contribution in [0.15, 0.2) is 30.6 Å². The lowest BCUT2D eigenvalue weighted by Crippen LogP contribution is -2.42. The summed E-state index contributed by atoms with van der Waals surface area (Å²) in [6.07, 6.45) is 8.86. The molecule has 2 aromatic rings. The van der Waals surface area contributed by atoms with Gasteiger partial charge in [-0.1, -0.05) is 6.42 Å². The molecule has 0 saturated heterocycles. The zero-order chi connectivity index (χ0) is 17.2. The van der Waals surface area contributed by atoms with E-state index in [4.69, 9.17) is 0 Å². The zero-order valence-corrected chi connectivity index (χ0v) is 14.9. The number of aryl methyl sites for hydroxylation is 1. The van der Waals surface area contributed by atoms with E-state index >= 15 is 0 Å². The van der Waals surface area contributed by atoms with Gasteiger partial charge in [-0.25, -0.2) is 0 Å². The van der Waals surface area contributed by atoms with E-state index in [9.17, 15) is 4.79 Å². The van der Waals surface area contributed by atoms with Gasteiger partial charge in [0.05, 0.1) is 11.7 Å². The van der Waals surface area contributed by atoms with Crippen LogP contribution in [-0.4, -0.2) is 44.8 Å². The standard InChI is InChI=1S/C19H27N5O/c1-22-11-3-6-18(22)19(25)20-9-7-16-13-23(12-15-4-2-5-15)14-17-8-10-21-24(16)17/h3,6,8,10-11,15-16H,2,4-5,7,9,12-14H2,1H3,(H,20,25)/t16-/m0/s1. The van der Waals surface area contributed by atoms with Crippen LogP contribution in [0.4, 0.5) is 0 Å². The van der Waals surface area contributed by atoms with Crippen LogP contribution >= 0.6 is 0 Å². The van der Waals surface area contributed by atoms with E-state index in [2.05, 4.69) is 26.1 Å². The molecule has 1 saturated carbocycles. The molecule has 3 heterocycles. The molecule has 6 heteroatoms. The molecule has 2 aliphatic rings. The van der Waals surface area contributed by atoms with Crippen LogP contribution in [0.3, 0.4) is 0 Å². The van der Waals surface area contributed by atoms with Crippen LogP contribution in [0.25, 0.3) is 0 Å². The number of nitrogens with zero attached hydrogens (tertiary/aromatic N) is 4. The van der Waals surface area contributed by atoms with Crippen molar-refractivity contribution >= 4 is 5.91 Å². The first kappa shape index (κ1) is 16.4. The number of aromatic nitrogens is 3. The van der Waals surface area contributed by atoms with Crippen molar-refractivity contribution in [3.8, 4) is 0 Å². The molecule has 0 spiro atoms. The van der Waals surface area contributed by atoms with E-state index in [0.717, 1.165) is 25.4 Å². The maximum Gasteiger partial charge on any atom is 0.267 e. The Morgan fingerprint density at radius 2 is 2.24 bits per heavy atom. The number of nitrogens with one attached hydrogen (secondary N) is 1. The first-order valence-corrected chi connectivity index (χ1v) is 9.35. The molecule has 0 unspecified atom stereocenters. The SMILES string of the molecule is Cn1cccc1C(=O)NCC[C@H]1CN(CC2CCC2)Cc2ccnn21. The summed E-state index contributed by atoms with van der Waals surface area (Å²) < 4.78 is 4.01. The Balaban J connectivity index is 1.34. The fraction of sp³-hybridized carbons (Fsp3) is 0.579. The van der Waals surface area contributed by atoms with Gasteiger partial charge in [-0.2, -0.15) is 5.10 Å². The quantitative estimate of drug-likeness (QED) is 0.876. The Hall–Kier alpha value is -2.08. The Bertz CT molecular complexity index is 730. The normalized spacial score (nSPS) is 20.9. The lowest BCUT2D eigenvalue weighted by Gasteiger charge is -2.38. The number of rotatable bonds is 6. The van der Waals surface area contributed by atoms with Gasteiger partial charge in [0.25, 0.3) is 5.91 Å². The van der Waals surface area contributed by atoms with Crippen molar-refractivity contribution in [3.05, 3.63) is 42.0 Å². The van der Waals surface area contributed by atoms with E-state index in [1.165, 1.54) is 31.5 Å². The highest BCUT2D eigenvalue weighted by Gasteiger charge is 2.28. The van der Waals surface area contributed by atoms with Crippen molar-refractivity contribution in [1.29, 1.82) is 0 Å². The highest BCUT2D eigenvalue weighted by molar-refractivity contribution is 5.92. The van der Waals surface area contributed by atoms with Crippen molar-refractivity contribution in [2.75, 3.05) is 19.6 Å². The molecule has 1 aliphatic heterocycles. The van der Waals surface area contributed by atoms with E-state index in [1.807, 2.05) is 36.1 Å². The number of hydrogen-bond donors (Lipinski definition) is 1. The third kappa shape index (κ3) is 3.49. The van der Waals surface area contributed by atoms with Crippen molar-refractivity contribution in [2.45, 2.75) is 38.3 Å². The van der Waals surface area contributed by atoms with Gasteiger partial charge >= 0.3 is 0 Å². The lowest BCUT2D eigenvalue weighted by molar-refractivity contribution is 0.0934. The molecule has 0 radical (unpaired) electrons. The fourth-order valence-electron chi connectivity index (χ4n) is 4.00. The maximum atomic E-state index is 12.3. The van der Waals surface area contributed by atoms with Gasteiger partial charge in [-0.15, -0.1) is 0 Å². The number of fused-ring (bicyclic) bond motifs is 1. The first-order valence-electron chi connectivity index (χ1n) is 9.35. The van der Waals surface area contributed by atoms with E-state index in [-0.39, 0.29) is 5.91 Å². The van der Waals surface area contributed by atoms with E-state index in [0.29, 0.717) is 18.3 Å². The molecule has 25 heavy (non-hydrogen) atoms. The minimum absolute atomic E-state index is 0.00433. The van der Waals surface area contributed by atoms with E-state index < -0.39 is 0 Å². The Morgan fingerprint density at radius 3 is 2.96 bits per heavy atom. The summed E-state index contributed by atoms with van der Waals surface area (Å²) in [5.74, 6) is 0.877. The van der Waals surface area contributed by atoms with Crippen molar-refractivity contribution in [1.82, 2.24) is 24.6 Å². The molecule has 1 fully saturated rings. The monoisotopic (exact) mass is 341 g/mol. The highest BCUT2D eigenvalue weighted by atomic mass is 16.1.